The number of carbonyl (C=O) groups is 2. The van der Waals surface area contributed by atoms with Crippen molar-refractivity contribution in [3.8, 4) is 0 Å². The van der Waals surface area contributed by atoms with Crippen molar-refractivity contribution in [2.75, 3.05) is 37.7 Å². The highest BCUT2D eigenvalue weighted by Gasteiger charge is 2.39. The van der Waals surface area contributed by atoms with Crippen LogP contribution in [0, 0.1) is 6.92 Å². The van der Waals surface area contributed by atoms with Gasteiger partial charge in [-0.25, -0.2) is 4.98 Å². The van der Waals surface area contributed by atoms with Gasteiger partial charge in [-0.3, -0.25) is 19.4 Å². The predicted octanol–water partition coefficient (Wildman–Crippen LogP) is 3.07. The molecule has 4 rings (SSSR count). The summed E-state index contributed by atoms with van der Waals surface area (Å²) in [6.07, 6.45) is 0. The first-order valence-electron chi connectivity index (χ1n) is 8.70. The number of imide groups is 1. The molecule has 0 spiro atoms. The van der Waals surface area contributed by atoms with E-state index in [4.69, 9.17) is 23.2 Å². The Morgan fingerprint density at radius 2 is 1.78 bits per heavy atom. The van der Waals surface area contributed by atoms with Crippen LogP contribution in [0.15, 0.2) is 30.3 Å². The molecule has 0 N–H and O–H groups in total. The molecule has 2 amide bonds. The number of fused-ring (bicyclic) bond motifs is 1. The second-order valence-electron chi connectivity index (χ2n) is 6.74. The van der Waals surface area contributed by atoms with Gasteiger partial charge in [0.2, 0.25) is 0 Å². The summed E-state index contributed by atoms with van der Waals surface area (Å²) in [5, 5.41) is 0.804. The van der Waals surface area contributed by atoms with E-state index in [1.807, 2.05) is 24.3 Å². The van der Waals surface area contributed by atoms with E-state index in [1.54, 1.807) is 13.0 Å². The first kappa shape index (κ1) is 18.2. The number of aromatic nitrogens is 1. The van der Waals surface area contributed by atoms with Crippen molar-refractivity contribution in [3.05, 3.63) is 57.3 Å². The van der Waals surface area contributed by atoms with Crippen molar-refractivity contribution in [1.29, 1.82) is 0 Å². The number of aryl methyl sites for hydroxylation is 1. The van der Waals surface area contributed by atoms with E-state index in [-0.39, 0.29) is 29.2 Å². The molecule has 2 aromatic rings. The molecule has 0 unspecified atom stereocenters. The molecule has 8 heteroatoms. The lowest BCUT2D eigenvalue weighted by atomic mass is 10.1. The molecule has 0 aliphatic carbocycles. The zero-order valence-corrected chi connectivity index (χ0v) is 16.3. The molecule has 3 heterocycles. The molecule has 1 aromatic carbocycles. The Kier molecular flexibility index (Phi) is 4.80. The van der Waals surface area contributed by atoms with E-state index in [9.17, 15) is 9.59 Å². The third kappa shape index (κ3) is 3.40. The van der Waals surface area contributed by atoms with E-state index >= 15 is 0 Å². The van der Waals surface area contributed by atoms with E-state index in [1.165, 1.54) is 4.90 Å². The van der Waals surface area contributed by atoms with Crippen molar-refractivity contribution in [3.63, 3.8) is 0 Å². The van der Waals surface area contributed by atoms with Crippen molar-refractivity contribution < 1.29 is 9.59 Å². The van der Waals surface area contributed by atoms with Gasteiger partial charge in [0.15, 0.2) is 0 Å². The number of piperazine rings is 1. The predicted molar refractivity (Wildman–Crippen MR) is 105 cm³/mol. The van der Waals surface area contributed by atoms with Gasteiger partial charge in [-0.2, -0.15) is 0 Å². The number of nitrogens with zero attached hydrogens (tertiary/aromatic N) is 4. The number of amides is 2. The van der Waals surface area contributed by atoms with Gasteiger partial charge in [-0.05, 0) is 31.2 Å². The summed E-state index contributed by atoms with van der Waals surface area (Å²) in [6.45, 7) is 5.08. The minimum atomic E-state index is -0.371. The smallest absolute Gasteiger partial charge is 0.265 e. The normalized spacial score (nSPS) is 17.6. The lowest BCUT2D eigenvalue weighted by molar-refractivity contribution is 0.0535. The van der Waals surface area contributed by atoms with Crippen LogP contribution in [-0.2, 0) is 0 Å². The van der Waals surface area contributed by atoms with E-state index in [0.717, 1.165) is 31.9 Å². The van der Waals surface area contributed by atoms with Gasteiger partial charge in [0.25, 0.3) is 11.8 Å². The van der Waals surface area contributed by atoms with Crippen LogP contribution in [0.5, 0.6) is 0 Å². The van der Waals surface area contributed by atoms with Crippen LogP contribution in [0.1, 0.15) is 26.4 Å². The van der Waals surface area contributed by atoms with Crippen LogP contribution in [0.2, 0.25) is 10.2 Å². The van der Waals surface area contributed by atoms with Crippen molar-refractivity contribution in [2.24, 2.45) is 0 Å². The maximum atomic E-state index is 12.7. The van der Waals surface area contributed by atoms with Gasteiger partial charge >= 0.3 is 0 Å². The van der Waals surface area contributed by atoms with Gasteiger partial charge in [-0.1, -0.05) is 29.3 Å². The third-order valence-electron chi connectivity index (χ3n) is 4.93. The van der Waals surface area contributed by atoms with Crippen LogP contribution in [0.3, 0.4) is 0 Å². The first-order valence-corrected chi connectivity index (χ1v) is 9.46. The molecule has 1 aromatic heterocycles. The lowest BCUT2D eigenvalue weighted by Crippen LogP contribution is -2.51. The second-order valence-corrected chi connectivity index (χ2v) is 7.54. The Bertz CT molecular complexity index is 926. The molecule has 0 bridgehead atoms. The number of pyridine rings is 1. The van der Waals surface area contributed by atoms with Crippen molar-refractivity contribution in [1.82, 2.24) is 14.8 Å². The number of rotatable bonds is 3. The monoisotopic (exact) mass is 404 g/mol. The zero-order valence-electron chi connectivity index (χ0n) is 14.8. The van der Waals surface area contributed by atoms with E-state index in [0.29, 0.717) is 16.3 Å². The first-order chi connectivity index (χ1) is 12.9. The SMILES string of the molecule is Cc1cc2c(c(Cl)n1)C(=O)N(CN1CCN(c3cccc(Cl)c3)CC1)C2=O. The van der Waals surface area contributed by atoms with Crippen LogP contribution in [0.4, 0.5) is 5.69 Å². The summed E-state index contributed by atoms with van der Waals surface area (Å²) in [5.74, 6) is -0.676. The molecule has 27 heavy (non-hydrogen) atoms. The van der Waals surface area contributed by atoms with Crippen LogP contribution in [0.25, 0.3) is 0 Å². The molecule has 140 valence electrons. The Balaban J connectivity index is 1.43. The topological polar surface area (TPSA) is 56.8 Å². The third-order valence-corrected chi connectivity index (χ3v) is 5.43. The Morgan fingerprint density at radius 3 is 2.48 bits per heavy atom. The van der Waals surface area contributed by atoms with Gasteiger partial charge in [0.05, 0.1) is 17.8 Å². The maximum absolute atomic E-state index is 12.7. The highest BCUT2D eigenvalue weighted by Crippen LogP contribution is 2.29. The number of halogens is 2. The standard InChI is InChI=1S/C19H18Cl2N4O2/c1-12-9-15-16(17(21)22-12)19(27)25(18(15)26)11-23-5-7-24(8-6-23)14-4-2-3-13(20)10-14/h2-4,9-10H,5-8,11H2,1H3. The molecule has 0 radical (unpaired) electrons. The second kappa shape index (κ2) is 7.11. The highest BCUT2D eigenvalue weighted by atomic mass is 35.5. The fourth-order valence-corrected chi connectivity index (χ4v) is 4.03. The average Bonchev–Trinajstić information content (AvgIpc) is 2.87. The van der Waals surface area contributed by atoms with Gasteiger partial charge in [0.1, 0.15) is 5.15 Å². The largest absolute Gasteiger partial charge is 0.369 e. The number of hydrogen-bond acceptors (Lipinski definition) is 5. The maximum Gasteiger partial charge on any atom is 0.265 e. The molecular formula is C19H18Cl2N4O2. The Hall–Kier alpha value is -2.15. The molecule has 1 saturated heterocycles. The minimum absolute atomic E-state index is 0.0941. The number of carbonyl (C=O) groups excluding carboxylic acids is 2. The summed E-state index contributed by atoms with van der Waals surface area (Å²) in [5.41, 5.74) is 2.26. The molecule has 6 nitrogen and oxygen atoms in total. The van der Waals surface area contributed by atoms with Crippen LogP contribution < -0.4 is 4.90 Å². The van der Waals surface area contributed by atoms with Crippen molar-refractivity contribution >= 4 is 40.7 Å². The molecule has 1 fully saturated rings. The van der Waals surface area contributed by atoms with Crippen molar-refractivity contribution in [2.45, 2.75) is 6.92 Å². The fourth-order valence-electron chi connectivity index (χ4n) is 3.53. The number of benzene rings is 1. The molecule has 0 atom stereocenters. The van der Waals surface area contributed by atoms with Gasteiger partial charge in [-0.15, -0.1) is 0 Å². The summed E-state index contributed by atoms with van der Waals surface area (Å²) in [4.78, 5) is 35.0. The summed E-state index contributed by atoms with van der Waals surface area (Å²) < 4.78 is 0. The summed E-state index contributed by atoms with van der Waals surface area (Å²) >= 11 is 12.2. The molecule has 2 aliphatic rings. The summed E-state index contributed by atoms with van der Waals surface area (Å²) in [7, 11) is 0. The Labute approximate surface area is 167 Å². The molecular weight excluding hydrogens is 387 g/mol. The molecule has 2 aliphatic heterocycles. The fraction of sp³-hybridized carbons (Fsp3) is 0.316. The molecule has 0 saturated carbocycles. The Morgan fingerprint density at radius 1 is 1.04 bits per heavy atom. The minimum Gasteiger partial charge on any atom is -0.369 e. The number of hydrogen-bond donors (Lipinski definition) is 0. The summed E-state index contributed by atoms with van der Waals surface area (Å²) in [6, 6.07) is 9.38. The van der Waals surface area contributed by atoms with Gasteiger partial charge < -0.3 is 4.90 Å². The van der Waals surface area contributed by atoms with Gasteiger partial charge in [0, 0.05) is 42.6 Å². The lowest BCUT2D eigenvalue weighted by Gasteiger charge is -2.37. The average molecular weight is 405 g/mol. The number of anilines is 1. The van der Waals surface area contributed by atoms with Crippen LogP contribution in [-0.4, -0.2) is 59.4 Å². The van der Waals surface area contributed by atoms with Crippen LogP contribution >= 0.6 is 23.2 Å². The quantitative estimate of drug-likeness (QED) is 0.581. The zero-order chi connectivity index (χ0) is 19.1. The van der Waals surface area contributed by atoms with E-state index < -0.39 is 0 Å². The van der Waals surface area contributed by atoms with E-state index in [2.05, 4.69) is 14.8 Å². The highest BCUT2D eigenvalue weighted by molar-refractivity contribution is 6.36.